The molecule has 1 saturated heterocycles. The molecule has 8 heteroatoms. The zero-order valence-corrected chi connectivity index (χ0v) is 15.6. The minimum Gasteiger partial charge on any atom is -0.373 e. The first-order chi connectivity index (χ1) is 12.2. The predicted octanol–water partition coefficient (Wildman–Crippen LogP) is 1.80. The predicted molar refractivity (Wildman–Crippen MR) is 106 cm³/mol. The Hall–Kier alpha value is -2.38. The van der Waals surface area contributed by atoms with Crippen molar-refractivity contribution in [1.82, 2.24) is 15.3 Å². The van der Waals surface area contributed by atoms with Crippen molar-refractivity contribution in [2.24, 2.45) is 5.73 Å². The molecular formula is C18H25ClN6O. The standard InChI is InChI=1S/C18H24N6O.ClH/c1-20-16-9-17(23-12-22-16)24-8-2-3-15(24)11-21-18(25)14-6-4-13(10-19)5-7-14;/h4-7,9,12,15H,2-3,8,10-11,19H2,1H3,(H,21,25)(H,20,22,23);1H. The number of nitrogens with two attached hydrogens (primary N) is 1. The van der Waals surface area contributed by atoms with Crippen LogP contribution in [0, 0.1) is 0 Å². The summed E-state index contributed by atoms with van der Waals surface area (Å²) in [6.07, 6.45) is 3.68. The molecule has 0 spiro atoms. The number of nitrogens with zero attached hydrogens (tertiary/aromatic N) is 3. The molecule has 4 N–H and O–H groups in total. The molecule has 26 heavy (non-hydrogen) atoms. The highest BCUT2D eigenvalue weighted by Gasteiger charge is 2.26. The van der Waals surface area contributed by atoms with Crippen molar-refractivity contribution in [1.29, 1.82) is 0 Å². The Bertz CT molecular complexity index is 724. The van der Waals surface area contributed by atoms with Gasteiger partial charge in [0.25, 0.3) is 5.91 Å². The molecule has 2 aromatic rings. The van der Waals surface area contributed by atoms with Crippen LogP contribution in [-0.2, 0) is 6.54 Å². The lowest BCUT2D eigenvalue weighted by molar-refractivity contribution is 0.0951. The molecule has 0 bridgehead atoms. The van der Waals surface area contributed by atoms with Crippen LogP contribution in [0.15, 0.2) is 36.7 Å². The zero-order chi connectivity index (χ0) is 17.6. The Morgan fingerprint density at radius 2 is 2.08 bits per heavy atom. The maximum atomic E-state index is 12.3. The smallest absolute Gasteiger partial charge is 0.251 e. The fourth-order valence-electron chi connectivity index (χ4n) is 3.10. The number of amides is 1. The Balaban J connectivity index is 0.00000243. The SMILES string of the molecule is CNc1cc(N2CCCC2CNC(=O)c2ccc(CN)cc2)ncn1.Cl. The largest absolute Gasteiger partial charge is 0.373 e. The third kappa shape index (κ3) is 4.62. The van der Waals surface area contributed by atoms with Crippen molar-refractivity contribution >= 4 is 29.9 Å². The topological polar surface area (TPSA) is 96.2 Å². The quantitative estimate of drug-likeness (QED) is 0.711. The zero-order valence-electron chi connectivity index (χ0n) is 14.8. The molecule has 1 unspecified atom stereocenters. The second kappa shape index (κ2) is 9.35. The first-order valence-corrected chi connectivity index (χ1v) is 8.55. The molecule has 1 fully saturated rings. The Morgan fingerprint density at radius 3 is 2.77 bits per heavy atom. The molecular weight excluding hydrogens is 352 g/mol. The van der Waals surface area contributed by atoms with Gasteiger partial charge in [-0.3, -0.25) is 4.79 Å². The highest BCUT2D eigenvalue weighted by atomic mass is 35.5. The van der Waals surface area contributed by atoms with E-state index in [4.69, 9.17) is 5.73 Å². The van der Waals surface area contributed by atoms with Gasteiger partial charge in [-0.25, -0.2) is 9.97 Å². The van der Waals surface area contributed by atoms with Crippen LogP contribution >= 0.6 is 12.4 Å². The minimum atomic E-state index is -0.0611. The van der Waals surface area contributed by atoms with Gasteiger partial charge in [-0.2, -0.15) is 0 Å². The molecule has 1 aliphatic heterocycles. The van der Waals surface area contributed by atoms with Crippen LogP contribution in [0.3, 0.4) is 0 Å². The van der Waals surface area contributed by atoms with Crippen molar-refractivity contribution in [2.45, 2.75) is 25.4 Å². The second-order valence-corrected chi connectivity index (χ2v) is 6.11. The lowest BCUT2D eigenvalue weighted by Gasteiger charge is -2.26. The van der Waals surface area contributed by atoms with Gasteiger partial charge in [-0.05, 0) is 30.5 Å². The number of halogens is 1. The number of carbonyl (C=O) groups excluding carboxylic acids is 1. The monoisotopic (exact) mass is 376 g/mol. The summed E-state index contributed by atoms with van der Waals surface area (Å²) >= 11 is 0. The number of aromatic nitrogens is 2. The summed E-state index contributed by atoms with van der Waals surface area (Å²) in [6.45, 7) is 2.01. The summed E-state index contributed by atoms with van der Waals surface area (Å²) in [4.78, 5) is 23.1. The minimum absolute atomic E-state index is 0. The van der Waals surface area contributed by atoms with E-state index >= 15 is 0 Å². The third-order valence-corrected chi connectivity index (χ3v) is 4.53. The fraction of sp³-hybridized carbons (Fsp3) is 0.389. The van der Waals surface area contributed by atoms with Crippen LogP contribution < -0.4 is 21.3 Å². The van der Waals surface area contributed by atoms with Gasteiger partial charge in [0, 0.05) is 44.4 Å². The number of rotatable bonds is 6. The van der Waals surface area contributed by atoms with Gasteiger partial charge in [-0.1, -0.05) is 12.1 Å². The molecule has 7 nitrogen and oxygen atoms in total. The summed E-state index contributed by atoms with van der Waals surface area (Å²) in [7, 11) is 1.84. The molecule has 1 aromatic carbocycles. The van der Waals surface area contributed by atoms with E-state index in [2.05, 4.69) is 25.5 Å². The average molecular weight is 377 g/mol. The van der Waals surface area contributed by atoms with Gasteiger partial charge in [-0.15, -0.1) is 12.4 Å². The van der Waals surface area contributed by atoms with Crippen LogP contribution in [0.1, 0.15) is 28.8 Å². The van der Waals surface area contributed by atoms with Crippen molar-refractivity contribution in [3.05, 3.63) is 47.8 Å². The summed E-state index contributed by atoms with van der Waals surface area (Å²) in [5.74, 6) is 1.62. The lowest BCUT2D eigenvalue weighted by atomic mass is 10.1. The molecule has 1 aromatic heterocycles. The summed E-state index contributed by atoms with van der Waals surface area (Å²) in [5.41, 5.74) is 7.26. The van der Waals surface area contributed by atoms with Crippen LogP contribution in [0.5, 0.6) is 0 Å². The van der Waals surface area contributed by atoms with E-state index in [1.54, 1.807) is 6.33 Å². The molecule has 3 rings (SSSR count). The van der Waals surface area contributed by atoms with E-state index in [-0.39, 0.29) is 24.4 Å². The van der Waals surface area contributed by atoms with Crippen molar-refractivity contribution in [3.63, 3.8) is 0 Å². The van der Waals surface area contributed by atoms with Gasteiger partial charge < -0.3 is 21.3 Å². The lowest BCUT2D eigenvalue weighted by Crippen LogP contribution is -2.40. The van der Waals surface area contributed by atoms with Crippen LogP contribution in [0.2, 0.25) is 0 Å². The van der Waals surface area contributed by atoms with Crippen LogP contribution in [0.4, 0.5) is 11.6 Å². The van der Waals surface area contributed by atoms with Crippen LogP contribution in [-0.4, -0.2) is 42.1 Å². The van der Waals surface area contributed by atoms with E-state index < -0.39 is 0 Å². The van der Waals surface area contributed by atoms with E-state index in [0.717, 1.165) is 36.6 Å². The summed E-state index contributed by atoms with van der Waals surface area (Å²) in [6, 6.07) is 9.58. The Morgan fingerprint density at radius 1 is 1.31 bits per heavy atom. The number of hydrogen-bond donors (Lipinski definition) is 3. The van der Waals surface area contributed by atoms with Gasteiger partial charge >= 0.3 is 0 Å². The highest BCUT2D eigenvalue weighted by molar-refractivity contribution is 5.94. The normalized spacial score (nSPS) is 16.1. The first kappa shape index (κ1) is 19.9. The summed E-state index contributed by atoms with van der Waals surface area (Å²) in [5, 5.41) is 6.07. The number of nitrogens with one attached hydrogen (secondary N) is 2. The molecule has 0 radical (unpaired) electrons. The van der Waals surface area contributed by atoms with Gasteiger partial charge in [0.2, 0.25) is 0 Å². The molecule has 140 valence electrons. The maximum absolute atomic E-state index is 12.3. The average Bonchev–Trinajstić information content (AvgIpc) is 3.15. The van der Waals surface area contributed by atoms with E-state index in [0.29, 0.717) is 18.7 Å². The third-order valence-electron chi connectivity index (χ3n) is 4.53. The van der Waals surface area contributed by atoms with E-state index in [1.165, 1.54) is 0 Å². The molecule has 1 aliphatic rings. The molecule has 1 atom stereocenters. The summed E-state index contributed by atoms with van der Waals surface area (Å²) < 4.78 is 0. The molecule has 1 amide bonds. The van der Waals surface area contributed by atoms with Crippen molar-refractivity contribution in [2.75, 3.05) is 30.4 Å². The number of anilines is 2. The Labute approximate surface area is 159 Å². The fourth-order valence-corrected chi connectivity index (χ4v) is 3.10. The van der Waals surface area contributed by atoms with E-state index in [9.17, 15) is 4.79 Å². The number of hydrogen-bond acceptors (Lipinski definition) is 6. The van der Waals surface area contributed by atoms with Crippen LogP contribution in [0.25, 0.3) is 0 Å². The Kier molecular flexibility index (Phi) is 7.17. The van der Waals surface area contributed by atoms with Gasteiger partial charge in [0.15, 0.2) is 0 Å². The number of benzene rings is 1. The molecule has 2 heterocycles. The van der Waals surface area contributed by atoms with Crippen molar-refractivity contribution in [3.8, 4) is 0 Å². The first-order valence-electron chi connectivity index (χ1n) is 8.55. The van der Waals surface area contributed by atoms with Gasteiger partial charge in [0.05, 0.1) is 0 Å². The highest BCUT2D eigenvalue weighted by Crippen LogP contribution is 2.24. The molecule has 0 saturated carbocycles. The number of carbonyl (C=O) groups is 1. The molecule has 0 aliphatic carbocycles. The van der Waals surface area contributed by atoms with Gasteiger partial charge in [0.1, 0.15) is 18.0 Å². The second-order valence-electron chi connectivity index (χ2n) is 6.11. The maximum Gasteiger partial charge on any atom is 0.251 e. The van der Waals surface area contributed by atoms with Crippen molar-refractivity contribution < 1.29 is 4.79 Å². The van der Waals surface area contributed by atoms with E-state index in [1.807, 2.05) is 37.4 Å².